The Balaban J connectivity index is 1.67. The van der Waals surface area contributed by atoms with Gasteiger partial charge >= 0.3 is 0 Å². The molecule has 0 aliphatic carbocycles. The van der Waals surface area contributed by atoms with Gasteiger partial charge in [-0.2, -0.15) is 0 Å². The van der Waals surface area contributed by atoms with E-state index in [1.807, 2.05) is 48.5 Å². The molecule has 0 heterocycles. The van der Waals surface area contributed by atoms with Crippen LogP contribution in [0.25, 0.3) is 0 Å². The fourth-order valence-corrected chi connectivity index (χ4v) is 2.04. The van der Waals surface area contributed by atoms with E-state index in [1.54, 1.807) is 7.11 Å². The van der Waals surface area contributed by atoms with Crippen molar-refractivity contribution in [3.63, 3.8) is 0 Å². The Morgan fingerprint density at radius 2 is 1.64 bits per heavy atom. The third kappa shape index (κ3) is 5.26. The standard InChI is InChI=1S/C17H20N2O2S/c1-13-3-5-14(6-4-13)19-17(22)18-11-12-21-16-9-7-15(20-2)8-10-16/h3-10H,11-12H2,1-2H3,(H2,18,19,22). The number of hydrogen-bond donors (Lipinski definition) is 2. The fraction of sp³-hybridized carbons (Fsp3) is 0.235. The van der Waals surface area contributed by atoms with Crippen LogP contribution in [0.3, 0.4) is 0 Å². The molecule has 0 bridgehead atoms. The summed E-state index contributed by atoms with van der Waals surface area (Å²) in [5.41, 5.74) is 2.19. The van der Waals surface area contributed by atoms with Crippen LogP contribution in [0.15, 0.2) is 48.5 Å². The molecule has 0 aromatic heterocycles. The van der Waals surface area contributed by atoms with E-state index in [0.717, 1.165) is 17.2 Å². The molecule has 4 nitrogen and oxygen atoms in total. The number of benzene rings is 2. The van der Waals surface area contributed by atoms with Crippen molar-refractivity contribution in [2.45, 2.75) is 6.92 Å². The van der Waals surface area contributed by atoms with Gasteiger partial charge in [0, 0.05) is 5.69 Å². The third-order valence-electron chi connectivity index (χ3n) is 3.03. The molecule has 0 saturated carbocycles. The molecular formula is C17H20N2O2S. The normalized spacial score (nSPS) is 9.91. The Bertz CT molecular complexity index is 597. The highest BCUT2D eigenvalue weighted by Crippen LogP contribution is 2.16. The molecule has 2 aromatic carbocycles. The first-order valence-electron chi connectivity index (χ1n) is 7.06. The molecule has 2 aromatic rings. The van der Waals surface area contributed by atoms with Crippen molar-refractivity contribution in [1.82, 2.24) is 5.32 Å². The van der Waals surface area contributed by atoms with Crippen molar-refractivity contribution in [1.29, 1.82) is 0 Å². The zero-order valence-electron chi connectivity index (χ0n) is 12.8. The second-order valence-electron chi connectivity index (χ2n) is 4.77. The highest BCUT2D eigenvalue weighted by atomic mass is 32.1. The van der Waals surface area contributed by atoms with Gasteiger partial charge in [-0.1, -0.05) is 17.7 Å². The van der Waals surface area contributed by atoms with Crippen molar-refractivity contribution in [2.24, 2.45) is 0 Å². The lowest BCUT2D eigenvalue weighted by molar-refractivity contribution is 0.322. The molecule has 0 fully saturated rings. The maximum Gasteiger partial charge on any atom is 0.170 e. The van der Waals surface area contributed by atoms with Gasteiger partial charge in [-0.15, -0.1) is 0 Å². The van der Waals surface area contributed by atoms with E-state index in [4.69, 9.17) is 21.7 Å². The maximum absolute atomic E-state index is 5.62. The van der Waals surface area contributed by atoms with Gasteiger partial charge < -0.3 is 20.1 Å². The summed E-state index contributed by atoms with van der Waals surface area (Å²) in [6, 6.07) is 15.6. The molecule has 0 spiro atoms. The molecule has 0 atom stereocenters. The number of rotatable bonds is 6. The van der Waals surface area contributed by atoms with Crippen LogP contribution in [-0.2, 0) is 0 Å². The quantitative estimate of drug-likeness (QED) is 0.632. The largest absolute Gasteiger partial charge is 0.497 e. The molecule has 0 aliphatic rings. The average molecular weight is 316 g/mol. The number of aryl methyl sites for hydroxylation is 1. The molecule has 0 unspecified atom stereocenters. The fourth-order valence-electron chi connectivity index (χ4n) is 1.82. The van der Waals surface area contributed by atoms with E-state index in [9.17, 15) is 0 Å². The molecule has 0 aliphatic heterocycles. The predicted octanol–water partition coefficient (Wildman–Crippen LogP) is 3.37. The molecule has 22 heavy (non-hydrogen) atoms. The van der Waals surface area contributed by atoms with Gasteiger partial charge in [-0.3, -0.25) is 0 Å². The van der Waals surface area contributed by atoms with Crippen LogP contribution in [0.4, 0.5) is 5.69 Å². The van der Waals surface area contributed by atoms with Crippen LogP contribution in [0.5, 0.6) is 11.5 Å². The number of anilines is 1. The van der Waals surface area contributed by atoms with Gasteiger partial charge in [-0.05, 0) is 55.5 Å². The molecule has 2 rings (SSSR count). The van der Waals surface area contributed by atoms with E-state index >= 15 is 0 Å². The minimum Gasteiger partial charge on any atom is -0.497 e. The molecular weight excluding hydrogens is 296 g/mol. The zero-order valence-corrected chi connectivity index (χ0v) is 13.6. The number of hydrogen-bond acceptors (Lipinski definition) is 3. The van der Waals surface area contributed by atoms with Crippen LogP contribution < -0.4 is 20.1 Å². The number of ether oxygens (including phenoxy) is 2. The smallest absolute Gasteiger partial charge is 0.170 e. The first-order valence-corrected chi connectivity index (χ1v) is 7.46. The number of methoxy groups -OCH3 is 1. The first kappa shape index (κ1) is 16.1. The van der Waals surface area contributed by atoms with E-state index in [-0.39, 0.29) is 0 Å². The summed E-state index contributed by atoms with van der Waals surface area (Å²) < 4.78 is 10.7. The zero-order chi connectivity index (χ0) is 15.8. The summed E-state index contributed by atoms with van der Waals surface area (Å²) in [6.07, 6.45) is 0. The van der Waals surface area contributed by atoms with Crippen LogP contribution >= 0.6 is 12.2 Å². The minimum absolute atomic E-state index is 0.530. The monoisotopic (exact) mass is 316 g/mol. The topological polar surface area (TPSA) is 42.5 Å². The predicted molar refractivity (Wildman–Crippen MR) is 93.9 cm³/mol. The summed E-state index contributed by atoms with van der Waals surface area (Å²) in [7, 11) is 1.64. The Morgan fingerprint density at radius 3 is 2.27 bits per heavy atom. The molecule has 5 heteroatoms. The van der Waals surface area contributed by atoms with Crippen molar-refractivity contribution in [2.75, 3.05) is 25.6 Å². The van der Waals surface area contributed by atoms with Gasteiger partial charge in [0.15, 0.2) is 5.11 Å². The van der Waals surface area contributed by atoms with E-state index < -0.39 is 0 Å². The van der Waals surface area contributed by atoms with Gasteiger partial charge in [0.2, 0.25) is 0 Å². The second-order valence-corrected chi connectivity index (χ2v) is 5.18. The van der Waals surface area contributed by atoms with Gasteiger partial charge in [0.25, 0.3) is 0 Å². The molecule has 0 radical (unpaired) electrons. The maximum atomic E-state index is 5.62. The van der Waals surface area contributed by atoms with Crippen molar-refractivity contribution < 1.29 is 9.47 Å². The lowest BCUT2D eigenvalue weighted by Gasteiger charge is -2.11. The van der Waals surface area contributed by atoms with E-state index in [2.05, 4.69) is 17.6 Å². The molecule has 116 valence electrons. The van der Waals surface area contributed by atoms with Crippen molar-refractivity contribution in [3.8, 4) is 11.5 Å². The Kier molecular flexibility index (Phi) is 6.03. The SMILES string of the molecule is COc1ccc(OCCNC(=S)Nc2ccc(C)cc2)cc1. The van der Waals surface area contributed by atoms with Gasteiger partial charge in [0.05, 0.1) is 13.7 Å². The Hall–Kier alpha value is -2.27. The Morgan fingerprint density at radius 1 is 1.00 bits per heavy atom. The lowest BCUT2D eigenvalue weighted by Crippen LogP contribution is -2.31. The van der Waals surface area contributed by atoms with E-state index in [0.29, 0.717) is 18.3 Å². The minimum atomic E-state index is 0.530. The third-order valence-corrected chi connectivity index (χ3v) is 3.27. The van der Waals surface area contributed by atoms with Crippen LogP contribution in [0.1, 0.15) is 5.56 Å². The summed E-state index contributed by atoms with van der Waals surface area (Å²) in [5, 5.41) is 6.83. The average Bonchev–Trinajstić information content (AvgIpc) is 2.54. The van der Waals surface area contributed by atoms with Gasteiger partial charge in [-0.25, -0.2) is 0 Å². The summed E-state index contributed by atoms with van der Waals surface area (Å²) >= 11 is 5.24. The van der Waals surface area contributed by atoms with Crippen LogP contribution in [-0.4, -0.2) is 25.4 Å². The van der Waals surface area contributed by atoms with Crippen molar-refractivity contribution >= 4 is 23.0 Å². The van der Waals surface area contributed by atoms with Crippen molar-refractivity contribution in [3.05, 3.63) is 54.1 Å². The van der Waals surface area contributed by atoms with E-state index in [1.165, 1.54) is 5.56 Å². The van der Waals surface area contributed by atoms with Crippen LogP contribution in [0.2, 0.25) is 0 Å². The first-order chi connectivity index (χ1) is 10.7. The van der Waals surface area contributed by atoms with Crippen LogP contribution in [0, 0.1) is 6.92 Å². The number of nitrogens with one attached hydrogen (secondary N) is 2. The summed E-state index contributed by atoms with van der Waals surface area (Å²) in [4.78, 5) is 0. The summed E-state index contributed by atoms with van der Waals surface area (Å²) in [6.45, 7) is 3.21. The second kappa shape index (κ2) is 8.24. The Labute approximate surface area is 136 Å². The molecule has 0 saturated heterocycles. The lowest BCUT2D eigenvalue weighted by atomic mass is 10.2. The number of thiocarbonyl (C=S) groups is 1. The molecule has 0 amide bonds. The highest BCUT2D eigenvalue weighted by molar-refractivity contribution is 7.80. The highest BCUT2D eigenvalue weighted by Gasteiger charge is 1.98. The molecule has 2 N–H and O–H groups in total. The van der Waals surface area contributed by atoms with Gasteiger partial charge in [0.1, 0.15) is 18.1 Å². The summed E-state index contributed by atoms with van der Waals surface area (Å²) in [5.74, 6) is 1.62.